The molecule has 6 nitrogen and oxygen atoms in total. The number of tetrazole rings is 1. The normalized spacial score (nSPS) is 10.7. The number of nitrogens with zero attached hydrogens (tertiary/aromatic N) is 4. The fourth-order valence-electron chi connectivity index (χ4n) is 1.22. The summed E-state index contributed by atoms with van der Waals surface area (Å²) in [4.78, 5) is 11.0. The SMILES string of the molecule is CCC(=O)NCCc1nnnn1C(C)C. The van der Waals surface area contributed by atoms with E-state index < -0.39 is 0 Å². The Morgan fingerprint density at radius 2 is 2.27 bits per heavy atom. The van der Waals surface area contributed by atoms with Gasteiger partial charge in [0.05, 0.1) is 6.04 Å². The summed E-state index contributed by atoms with van der Waals surface area (Å²) in [5.41, 5.74) is 0. The van der Waals surface area contributed by atoms with Crippen LogP contribution in [0.25, 0.3) is 0 Å². The lowest BCUT2D eigenvalue weighted by molar-refractivity contribution is -0.120. The third-order valence-electron chi connectivity index (χ3n) is 2.04. The number of carbonyl (C=O) groups is 1. The number of hydrogen-bond donors (Lipinski definition) is 1. The lowest BCUT2D eigenvalue weighted by Gasteiger charge is -2.07. The van der Waals surface area contributed by atoms with E-state index in [0.29, 0.717) is 19.4 Å². The fourth-order valence-corrected chi connectivity index (χ4v) is 1.22. The van der Waals surface area contributed by atoms with Crippen molar-refractivity contribution in [3.8, 4) is 0 Å². The minimum absolute atomic E-state index is 0.0542. The highest BCUT2D eigenvalue weighted by Crippen LogP contribution is 2.03. The van der Waals surface area contributed by atoms with Crippen LogP contribution in [-0.2, 0) is 11.2 Å². The van der Waals surface area contributed by atoms with Gasteiger partial charge in [0.25, 0.3) is 0 Å². The fraction of sp³-hybridized carbons (Fsp3) is 0.778. The number of amides is 1. The molecule has 0 fully saturated rings. The van der Waals surface area contributed by atoms with Crippen molar-refractivity contribution in [2.75, 3.05) is 6.54 Å². The van der Waals surface area contributed by atoms with Crippen LogP contribution in [0.5, 0.6) is 0 Å². The van der Waals surface area contributed by atoms with Crippen molar-refractivity contribution in [2.45, 2.75) is 39.7 Å². The summed E-state index contributed by atoms with van der Waals surface area (Å²) < 4.78 is 1.76. The molecule has 0 bridgehead atoms. The summed E-state index contributed by atoms with van der Waals surface area (Å²) in [6.07, 6.45) is 1.17. The van der Waals surface area contributed by atoms with Crippen molar-refractivity contribution in [1.82, 2.24) is 25.5 Å². The number of carbonyl (C=O) groups excluding carboxylic acids is 1. The minimum atomic E-state index is 0.0542. The third kappa shape index (κ3) is 3.30. The van der Waals surface area contributed by atoms with Crippen molar-refractivity contribution in [3.63, 3.8) is 0 Å². The Balaban J connectivity index is 2.43. The molecule has 1 aromatic heterocycles. The molecule has 1 heterocycles. The third-order valence-corrected chi connectivity index (χ3v) is 2.04. The van der Waals surface area contributed by atoms with Crippen LogP contribution in [0.1, 0.15) is 39.1 Å². The van der Waals surface area contributed by atoms with Gasteiger partial charge in [-0.2, -0.15) is 0 Å². The van der Waals surface area contributed by atoms with E-state index >= 15 is 0 Å². The molecule has 15 heavy (non-hydrogen) atoms. The zero-order valence-corrected chi connectivity index (χ0v) is 9.40. The van der Waals surface area contributed by atoms with Gasteiger partial charge in [0.1, 0.15) is 0 Å². The van der Waals surface area contributed by atoms with Crippen LogP contribution >= 0.6 is 0 Å². The topological polar surface area (TPSA) is 72.7 Å². The minimum Gasteiger partial charge on any atom is -0.356 e. The van der Waals surface area contributed by atoms with Crippen LogP contribution < -0.4 is 5.32 Å². The van der Waals surface area contributed by atoms with Gasteiger partial charge in [0.15, 0.2) is 5.82 Å². The molecule has 0 aliphatic heterocycles. The first-order valence-corrected chi connectivity index (χ1v) is 5.18. The maximum atomic E-state index is 11.0. The average molecular weight is 211 g/mol. The molecule has 0 radical (unpaired) electrons. The zero-order chi connectivity index (χ0) is 11.3. The van der Waals surface area contributed by atoms with Crippen LogP contribution in [0.4, 0.5) is 0 Å². The molecule has 0 aliphatic rings. The van der Waals surface area contributed by atoms with Gasteiger partial charge in [-0.25, -0.2) is 4.68 Å². The van der Waals surface area contributed by atoms with Gasteiger partial charge in [0, 0.05) is 19.4 Å². The van der Waals surface area contributed by atoms with Gasteiger partial charge in [-0.05, 0) is 24.3 Å². The molecule has 1 rings (SSSR count). The van der Waals surface area contributed by atoms with E-state index in [2.05, 4.69) is 20.8 Å². The lowest BCUT2D eigenvalue weighted by Crippen LogP contribution is -2.25. The van der Waals surface area contributed by atoms with Crippen molar-refractivity contribution >= 4 is 5.91 Å². The highest BCUT2D eigenvalue weighted by atomic mass is 16.1. The molecule has 0 saturated carbocycles. The number of nitrogens with one attached hydrogen (secondary N) is 1. The second kappa shape index (κ2) is 5.43. The molecule has 0 saturated heterocycles. The summed E-state index contributed by atoms with van der Waals surface area (Å²) in [5.74, 6) is 0.861. The standard InChI is InChI=1S/C9H17N5O/c1-4-9(15)10-6-5-8-11-12-13-14(8)7(2)3/h7H,4-6H2,1-3H3,(H,10,15). The quantitative estimate of drug-likeness (QED) is 0.761. The molecule has 0 unspecified atom stereocenters. The van der Waals surface area contributed by atoms with Crippen LogP contribution in [0.3, 0.4) is 0 Å². The van der Waals surface area contributed by atoms with Crippen molar-refractivity contribution in [2.24, 2.45) is 0 Å². The Hall–Kier alpha value is -1.46. The van der Waals surface area contributed by atoms with Crippen LogP contribution in [0.2, 0.25) is 0 Å². The largest absolute Gasteiger partial charge is 0.356 e. The Morgan fingerprint density at radius 3 is 2.87 bits per heavy atom. The molecular formula is C9H17N5O. The average Bonchev–Trinajstić information content (AvgIpc) is 2.65. The van der Waals surface area contributed by atoms with Crippen molar-refractivity contribution in [3.05, 3.63) is 5.82 Å². The monoisotopic (exact) mass is 211 g/mol. The molecular weight excluding hydrogens is 194 g/mol. The summed E-state index contributed by atoms with van der Waals surface area (Å²) in [7, 11) is 0. The first kappa shape index (κ1) is 11.6. The van der Waals surface area contributed by atoms with Gasteiger partial charge in [-0.1, -0.05) is 6.92 Å². The van der Waals surface area contributed by atoms with Crippen molar-refractivity contribution < 1.29 is 4.79 Å². The molecule has 1 amide bonds. The first-order valence-electron chi connectivity index (χ1n) is 5.18. The first-order chi connectivity index (χ1) is 7.15. The molecule has 0 aliphatic carbocycles. The van der Waals surface area contributed by atoms with E-state index in [0.717, 1.165) is 5.82 Å². The molecule has 0 atom stereocenters. The maximum Gasteiger partial charge on any atom is 0.219 e. The molecule has 0 aromatic carbocycles. The Kier molecular flexibility index (Phi) is 4.20. The van der Waals surface area contributed by atoms with E-state index in [1.54, 1.807) is 4.68 Å². The predicted molar refractivity (Wildman–Crippen MR) is 55.2 cm³/mol. The van der Waals surface area contributed by atoms with Gasteiger partial charge >= 0.3 is 0 Å². The van der Waals surface area contributed by atoms with E-state index in [9.17, 15) is 4.79 Å². The number of aromatic nitrogens is 4. The lowest BCUT2D eigenvalue weighted by atomic mass is 10.3. The van der Waals surface area contributed by atoms with Gasteiger partial charge in [-0.3, -0.25) is 4.79 Å². The number of hydrogen-bond acceptors (Lipinski definition) is 4. The Morgan fingerprint density at radius 1 is 1.53 bits per heavy atom. The Labute approximate surface area is 89.0 Å². The van der Waals surface area contributed by atoms with E-state index in [-0.39, 0.29) is 11.9 Å². The van der Waals surface area contributed by atoms with Crippen LogP contribution in [-0.4, -0.2) is 32.7 Å². The molecule has 1 aromatic rings. The van der Waals surface area contributed by atoms with E-state index in [4.69, 9.17) is 0 Å². The van der Waals surface area contributed by atoms with Gasteiger partial charge in [0.2, 0.25) is 5.91 Å². The summed E-state index contributed by atoms with van der Waals surface area (Å²) >= 11 is 0. The highest BCUT2D eigenvalue weighted by molar-refractivity contribution is 5.75. The second-order valence-electron chi connectivity index (χ2n) is 3.59. The predicted octanol–water partition coefficient (Wildman–Crippen LogP) is 0.323. The van der Waals surface area contributed by atoms with Crippen molar-refractivity contribution in [1.29, 1.82) is 0 Å². The molecule has 6 heteroatoms. The van der Waals surface area contributed by atoms with Crippen LogP contribution in [0, 0.1) is 0 Å². The van der Waals surface area contributed by atoms with E-state index in [1.807, 2.05) is 20.8 Å². The van der Waals surface area contributed by atoms with Gasteiger partial charge < -0.3 is 5.32 Å². The molecule has 1 N–H and O–H groups in total. The van der Waals surface area contributed by atoms with Crippen LogP contribution in [0.15, 0.2) is 0 Å². The Bertz CT molecular complexity index is 320. The van der Waals surface area contributed by atoms with Gasteiger partial charge in [-0.15, -0.1) is 5.10 Å². The zero-order valence-electron chi connectivity index (χ0n) is 9.40. The summed E-state index contributed by atoms with van der Waals surface area (Å²) in [6, 6.07) is 0.247. The summed E-state index contributed by atoms with van der Waals surface area (Å²) in [6.45, 7) is 6.45. The smallest absolute Gasteiger partial charge is 0.219 e. The highest BCUT2D eigenvalue weighted by Gasteiger charge is 2.08. The maximum absolute atomic E-state index is 11.0. The number of rotatable bonds is 5. The summed E-state index contributed by atoms with van der Waals surface area (Å²) in [5, 5.41) is 14.2. The van der Waals surface area contributed by atoms with E-state index in [1.165, 1.54) is 0 Å². The molecule has 0 spiro atoms. The molecule has 84 valence electrons. The second-order valence-corrected chi connectivity index (χ2v) is 3.59.